The summed E-state index contributed by atoms with van der Waals surface area (Å²) in [7, 11) is 1.39. The van der Waals surface area contributed by atoms with E-state index < -0.39 is 23.5 Å². The minimum atomic E-state index is -0.908. The van der Waals surface area contributed by atoms with Gasteiger partial charge in [0, 0.05) is 10.7 Å². The molecule has 180 valence electrons. The number of benzene rings is 3. The van der Waals surface area contributed by atoms with Gasteiger partial charge >= 0.3 is 0 Å². The molecule has 1 amide bonds. The van der Waals surface area contributed by atoms with Crippen LogP contribution in [-0.4, -0.2) is 30.5 Å². The van der Waals surface area contributed by atoms with Crippen molar-refractivity contribution in [3.8, 4) is 11.5 Å². The molecule has 6 nitrogen and oxygen atoms in total. The summed E-state index contributed by atoms with van der Waals surface area (Å²) in [4.78, 5) is 28.2. The van der Waals surface area contributed by atoms with Crippen LogP contribution in [0.25, 0.3) is 5.76 Å². The van der Waals surface area contributed by atoms with E-state index in [1.165, 1.54) is 24.1 Å². The molecule has 1 unspecified atom stereocenters. The lowest BCUT2D eigenvalue weighted by atomic mass is 9.94. The topological polar surface area (TPSA) is 76.1 Å². The molecule has 3 aromatic rings. The Balaban J connectivity index is 1.99. The molecule has 0 aromatic heterocycles. The van der Waals surface area contributed by atoms with Crippen LogP contribution in [0.3, 0.4) is 0 Å². The summed E-state index contributed by atoms with van der Waals surface area (Å²) in [5, 5.41) is 11.8. The van der Waals surface area contributed by atoms with E-state index in [1.807, 2.05) is 26.0 Å². The summed E-state index contributed by atoms with van der Waals surface area (Å²) in [6.45, 7) is 4.23. The van der Waals surface area contributed by atoms with Crippen LogP contribution in [0.4, 0.5) is 5.69 Å². The number of rotatable bonds is 6. The first-order valence-electron chi connectivity index (χ1n) is 10.9. The molecule has 1 fully saturated rings. The summed E-state index contributed by atoms with van der Waals surface area (Å²) in [6.07, 6.45) is 0. The predicted molar refractivity (Wildman–Crippen MR) is 137 cm³/mol. The van der Waals surface area contributed by atoms with Gasteiger partial charge in [0.15, 0.2) is 0 Å². The number of methoxy groups -OCH3 is 1. The third kappa shape index (κ3) is 4.47. The Morgan fingerprint density at radius 3 is 2.37 bits per heavy atom. The van der Waals surface area contributed by atoms with E-state index in [9.17, 15) is 14.7 Å². The molecule has 0 saturated carbocycles. The number of halogens is 2. The summed E-state index contributed by atoms with van der Waals surface area (Å²) < 4.78 is 10.9. The second kappa shape index (κ2) is 10.0. The summed E-state index contributed by atoms with van der Waals surface area (Å²) in [5.74, 6) is -1.23. The zero-order valence-corrected chi connectivity index (χ0v) is 20.9. The number of aryl methyl sites for hydroxylation is 1. The van der Waals surface area contributed by atoms with Crippen LogP contribution in [-0.2, 0) is 9.59 Å². The van der Waals surface area contributed by atoms with Crippen LogP contribution in [0.5, 0.6) is 11.5 Å². The highest BCUT2D eigenvalue weighted by atomic mass is 35.5. The third-order valence-corrected chi connectivity index (χ3v) is 6.29. The van der Waals surface area contributed by atoms with Crippen LogP contribution >= 0.6 is 23.2 Å². The maximum absolute atomic E-state index is 13.4. The lowest BCUT2D eigenvalue weighted by molar-refractivity contribution is -0.132. The minimum Gasteiger partial charge on any atom is -0.507 e. The Bertz CT molecular complexity index is 1330. The molecule has 0 bridgehead atoms. The molecule has 1 aliphatic heterocycles. The van der Waals surface area contributed by atoms with E-state index in [1.54, 1.807) is 36.4 Å². The second-order valence-corrected chi connectivity index (χ2v) is 8.77. The number of hydrogen-bond donors (Lipinski definition) is 1. The zero-order valence-electron chi connectivity index (χ0n) is 19.3. The van der Waals surface area contributed by atoms with Crippen molar-refractivity contribution in [2.75, 3.05) is 18.6 Å². The average molecular weight is 512 g/mol. The first-order chi connectivity index (χ1) is 16.8. The largest absolute Gasteiger partial charge is 0.507 e. The Labute approximate surface area is 213 Å². The zero-order chi connectivity index (χ0) is 25.3. The summed E-state index contributed by atoms with van der Waals surface area (Å²) >= 11 is 12.5. The van der Waals surface area contributed by atoms with E-state index in [0.29, 0.717) is 23.6 Å². The molecule has 8 heteroatoms. The quantitative estimate of drug-likeness (QED) is 0.237. The number of anilines is 1. The lowest BCUT2D eigenvalue weighted by Crippen LogP contribution is -2.30. The van der Waals surface area contributed by atoms with Crippen molar-refractivity contribution in [1.29, 1.82) is 0 Å². The fourth-order valence-electron chi connectivity index (χ4n) is 4.23. The highest BCUT2D eigenvalue weighted by Crippen LogP contribution is 2.45. The molecular formula is C27H23Cl2NO5. The number of amides is 1. The Kier molecular flexibility index (Phi) is 7.05. The lowest BCUT2D eigenvalue weighted by Gasteiger charge is -2.27. The van der Waals surface area contributed by atoms with Gasteiger partial charge in [0.2, 0.25) is 0 Å². The normalized spacial score (nSPS) is 17.1. The molecule has 1 N–H and O–H groups in total. The smallest absolute Gasteiger partial charge is 0.300 e. The van der Waals surface area contributed by atoms with Gasteiger partial charge < -0.3 is 14.6 Å². The number of carbonyl (C=O) groups is 2. The minimum absolute atomic E-state index is 0.0981. The molecule has 1 atom stereocenters. The van der Waals surface area contributed by atoms with E-state index in [0.717, 1.165) is 5.56 Å². The molecule has 35 heavy (non-hydrogen) atoms. The van der Waals surface area contributed by atoms with E-state index in [2.05, 4.69) is 0 Å². The summed E-state index contributed by atoms with van der Waals surface area (Å²) in [5.41, 5.74) is 1.99. The van der Waals surface area contributed by atoms with Crippen molar-refractivity contribution in [2.24, 2.45) is 0 Å². The molecule has 3 aromatic carbocycles. The number of hydrogen-bond acceptors (Lipinski definition) is 5. The Morgan fingerprint density at radius 1 is 1.06 bits per heavy atom. The predicted octanol–water partition coefficient (Wildman–Crippen LogP) is 6.34. The van der Waals surface area contributed by atoms with Crippen LogP contribution in [0.2, 0.25) is 10.0 Å². The number of Topliss-reactive ketones (excluding diaryl/α,β-unsaturated/α-hetero) is 1. The van der Waals surface area contributed by atoms with Gasteiger partial charge in [0.05, 0.1) is 35.9 Å². The molecule has 0 radical (unpaired) electrons. The van der Waals surface area contributed by atoms with Crippen molar-refractivity contribution in [2.45, 2.75) is 19.9 Å². The first kappa shape index (κ1) is 24.6. The van der Waals surface area contributed by atoms with Gasteiger partial charge in [0.25, 0.3) is 11.7 Å². The number of aliphatic hydroxyl groups excluding tert-OH is 1. The maximum Gasteiger partial charge on any atom is 0.300 e. The van der Waals surface area contributed by atoms with Crippen molar-refractivity contribution >= 4 is 46.3 Å². The molecule has 0 aliphatic carbocycles. The Morgan fingerprint density at radius 2 is 1.74 bits per heavy atom. The van der Waals surface area contributed by atoms with Crippen LogP contribution in [0, 0.1) is 6.92 Å². The first-order valence-corrected chi connectivity index (χ1v) is 11.7. The highest BCUT2D eigenvalue weighted by molar-refractivity contribution is 6.52. The number of carbonyl (C=O) groups excluding carboxylic acids is 2. The van der Waals surface area contributed by atoms with E-state index in [-0.39, 0.29) is 26.9 Å². The number of ether oxygens (including phenoxy) is 2. The highest BCUT2D eigenvalue weighted by Gasteiger charge is 2.47. The molecule has 1 aliphatic rings. The van der Waals surface area contributed by atoms with Gasteiger partial charge in [-0.15, -0.1) is 0 Å². The summed E-state index contributed by atoms with van der Waals surface area (Å²) in [6, 6.07) is 16.3. The van der Waals surface area contributed by atoms with Gasteiger partial charge in [-0.3, -0.25) is 14.5 Å². The van der Waals surface area contributed by atoms with Gasteiger partial charge in [-0.1, -0.05) is 53.5 Å². The number of nitrogens with zero attached hydrogens (tertiary/aromatic N) is 1. The van der Waals surface area contributed by atoms with Crippen LogP contribution in [0.15, 0.2) is 66.2 Å². The Hall–Kier alpha value is -3.48. The van der Waals surface area contributed by atoms with Crippen molar-refractivity contribution < 1.29 is 24.2 Å². The maximum atomic E-state index is 13.4. The fourth-order valence-corrected chi connectivity index (χ4v) is 4.80. The van der Waals surface area contributed by atoms with Crippen LogP contribution < -0.4 is 14.4 Å². The third-order valence-electron chi connectivity index (χ3n) is 5.79. The van der Waals surface area contributed by atoms with Crippen molar-refractivity contribution in [3.63, 3.8) is 0 Å². The monoisotopic (exact) mass is 511 g/mol. The van der Waals surface area contributed by atoms with Gasteiger partial charge in [-0.05, 0) is 55.3 Å². The molecule has 1 heterocycles. The number of para-hydroxylation sites is 1. The second-order valence-electron chi connectivity index (χ2n) is 7.93. The average Bonchev–Trinajstić information content (AvgIpc) is 3.09. The standard InChI is InChI=1S/C27H23Cl2NO5/c1-4-35-18-11-9-16(10-12-18)23-22(24(31)19-13-17(28)14-20(29)26(19)34-3)25(32)27(33)30(23)21-8-6-5-7-15(21)2/h5-14,23,31H,4H2,1-3H3/b24-22+. The van der Waals surface area contributed by atoms with Crippen LogP contribution in [0.1, 0.15) is 29.7 Å². The molecule has 0 spiro atoms. The fraction of sp³-hybridized carbons (Fsp3) is 0.185. The molecule has 4 rings (SSSR count). The molecular weight excluding hydrogens is 489 g/mol. The van der Waals surface area contributed by atoms with Gasteiger partial charge in [-0.25, -0.2) is 0 Å². The number of aliphatic hydroxyl groups is 1. The van der Waals surface area contributed by atoms with E-state index >= 15 is 0 Å². The molecule has 1 saturated heterocycles. The van der Waals surface area contributed by atoms with Gasteiger partial charge in [0.1, 0.15) is 17.3 Å². The van der Waals surface area contributed by atoms with E-state index in [4.69, 9.17) is 32.7 Å². The SMILES string of the molecule is CCOc1ccc(C2/C(=C(\O)c3cc(Cl)cc(Cl)c3OC)C(=O)C(=O)N2c2ccccc2C)cc1. The van der Waals surface area contributed by atoms with Crippen molar-refractivity contribution in [1.82, 2.24) is 0 Å². The van der Waals surface area contributed by atoms with Gasteiger partial charge in [-0.2, -0.15) is 0 Å². The number of ketones is 1. The van der Waals surface area contributed by atoms with Crippen molar-refractivity contribution in [3.05, 3.63) is 93.0 Å².